The molecule has 0 radical (unpaired) electrons. The molecule has 3 aromatic rings. The summed E-state index contributed by atoms with van der Waals surface area (Å²) < 4.78 is 19.4. The minimum atomic E-state index is -0.454. The van der Waals surface area contributed by atoms with Crippen LogP contribution in [0.4, 0.5) is 10.3 Å². The summed E-state index contributed by atoms with van der Waals surface area (Å²) in [5.74, 6) is 0.693. The van der Waals surface area contributed by atoms with Crippen molar-refractivity contribution < 1.29 is 13.9 Å². The summed E-state index contributed by atoms with van der Waals surface area (Å²) in [6.45, 7) is 0. The van der Waals surface area contributed by atoms with Crippen molar-refractivity contribution in [1.29, 1.82) is 0 Å². The molecule has 5 rings (SSSR count). The molecule has 0 saturated heterocycles. The molecule has 33 heavy (non-hydrogen) atoms. The van der Waals surface area contributed by atoms with Gasteiger partial charge >= 0.3 is 0 Å². The number of hydrogen-bond donors (Lipinski definition) is 1. The van der Waals surface area contributed by atoms with E-state index < -0.39 is 5.54 Å². The van der Waals surface area contributed by atoms with Crippen molar-refractivity contribution in [2.45, 2.75) is 43.7 Å². The first kappa shape index (κ1) is 21.3. The second kappa shape index (κ2) is 8.42. The van der Waals surface area contributed by atoms with Crippen molar-refractivity contribution in [3.63, 3.8) is 0 Å². The van der Waals surface area contributed by atoms with Crippen molar-refractivity contribution in [2.75, 3.05) is 19.0 Å². The van der Waals surface area contributed by atoms with Gasteiger partial charge < -0.3 is 15.0 Å². The molecule has 1 saturated carbocycles. The van der Waals surface area contributed by atoms with Gasteiger partial charge in [-0.1, -0.05) is 6.07 Å². The first-order valence-corrected chi connectivity index (χ1v) is 11.2. The van der Waals surface area contributed by atoms with Crippen molar-refractivity contribution in [2.24, 2.45) is 0 Å². The minimum absolute atomic E-state index is 0.104. The molecule has 0 spiro atoms. The number of benzene rings is 1. The fourth-order valence-electron chi connectivity index (χ4n) is 4.23. The van der Waals surface area contributed by atoms with Gasteiger partial charge in [0.25, 0.3) is 5.91 Å². The van der Waals surface area contributed by atoms with Crippen LogP contribution in [0.2, 0.25) is 0 Å². The fraction of sp³-hybridized carbons (Fsp3) is 0.360. The number of fused-ring (bicyclic) bond motifs is 1. The number of nitrogens with zero attached hydrogens (tertiary/aromatic N) is 4. The summed E-state index contributed by atoms with van der Waals surface area (Å²) in [7, 11) is 3.79. The summed E-state index contributed by atoms with van der Waals surface area (Å²) in [6, 6.07) is 9.65. The highest BCUT2D eigenvalue weighted by Crippen LogP contribution is 2.46. The molecule has 8 heteroatoms. The Hall–Kier alpha value is -3.55. The normalized spacial score (nSPS) is 18.2. The lowest BCUT2D eigenvalue weighted by Gasteiger charge is -2.27. The quantitative estimate of drug-likeness (QED) is 0.616. The number of nitrogens with one attached hydrogen (secondary N) is 1. The average Bonchev–Trinajstić information content (AvgIpc) is 3.60. The van der Waals surface area contributed by atoms with Crippen LogP contribution in [0.3, 0.4) is 0 Å². The van der Waals surface area contributed by atoms with Crippen LogP contribution in [0.5, 0.6) is 5.75 Å². The Balaban J connectivity index is 1.33. The first-order valence-electron chi connectivity index (χ1n) is 11.2. The lowest BCUT2D eigenvalue weighted by molar-refractivity contribution is 0.0929. The molecule has 2 aliphatic carbocycles. The van der Waals surface area contributed by atoms with Gasteiger partial charge in [0, 0.05) is 30.9 Å². The molecular formula is C25H26FN5O2. The predicted octanol–water partition coefficient (Wildman–Crippen LogP) is 3.95. The van der Waals surface area contributed by atoms with E-state index in [-0.39, 0.29) is 17.8 Å². The number of anilines is 1. The molecule has 2 heterocycles. The Morgan fingerprint density at radius 1 is 1.12 bits per heavy atom. The number of pyridine rings is 1. The third-order valence-corrected chi connectivity index (χ3v) is 6.23. The maximum Gasteiger partial charge on any atom is 0.252 e. The van der Waals surface area contributed by atoms with Crippen LogP contribution >= 0.6 is 0 Å². The largest absolute Gasteiger partial charge is 0.482 e. The topological polar surface area (TPSA) is 80.2 Å². The predicted molar refractivity (Wildman–Crippen MR) is 122 cm³/mol. The van der Waals surface area contributed by atoms with Gasteiger partial charge in [-0.2, -0.15) is 0 Å². The first-order chi connectivity index (χ1) is 15.9. The molecule has 0 bridgehead atoms. The molecule has 1 atom stereocenters. The van der Waals surface area contributed by atoms with Crippen LogP contribution < -0.4 is 15.0 Å². The lowest BCUT2D eigenvalue weighted by atomic mass is 9.92. The van der Waals surface area contributed by atoms with Crippen LogP contribution in [0.25, 0.3) is 0 Å². The summed E-state index contributed by atoms with van der Waals surface area (Å²) in [5, 5.41) is 3.12. The zero-order valence-electron chi connectivity index (χ0n) is 18.7. The number of ether oxygens (including phenoxy) is 1. The molecule has 1 fully saturated rings. The van der Waals surface area contributed by atoms with Crippen LogP contribution in [-0.4, -0.2) is 35.0 Å². The molecule has 2 aliphatic rings. The maximum absolute atomic E-state index is 13.2. The number of aryl methyl sites for hydroxylation is 1. The lowest BCUT2D eigenvalue weighted by Crippen LogP contribution is -2.36. The van der Waals surface area contributed by atoms with Crippen LogP contribution in [0.15, 0.2) is 48.8 Å². The number of hydrogen-bond acceptors (Lipinski definition) is 6. The molecular weight excluding hydrogens is 421 g/mol. The second-order valence-corrected chi connectivity index (χ2v) is 8.89. The molecule has 170 valence electrons. The molecule has 1 N–H and O–H groups in total. The molecule has 1 amide bonds. The van der Waals surface area contributed by atoms with Gasteiger partial charge in [0.2, 0.25) is 5.95 Å². The van der Waals surface area contributed by atoms with E-state index >= 15 is 0 Å². The van der Waals surface area contributed by atoms with Crippen LogP contribution in [0, 0.1) is 5.82 Å². The minimum Gasteiger partial charge on any atom is -0.482 e. The van der Waals surface area contributed by atoms with E-state index in [9.17, 15) is 9.18 Å². The SMILES string of the molecule is CN(C)c1ncc(O[C@H]2CCCc3nc(C4(NC(=O)c5ccc(F)cc5)CC4)ccc32)cn1. The summed E-state index contributed by atoms with van der Waals surface area (Å²) in [4.78, 5) is 28.1. The van der Waals surface area contributed by atoms with E-state index in [4.69, 9.17) is 9.72 Å². The Morgan fingerprint density at radius 3 is 2.52 bits per heavy atom. The van der Waals surface area contributed by atoms with Gasteiger partial charge in [0.05, 0.1) is 23.6 Å². The van der Waals surface area contributed by atoms with Crippen molar-refractivity contribution >= 4 is 11.9 Å². The number of aromatic nitrogens is 3. The fourth-order valence-corrected chi connectivity index (χ4v) is 4.23. The molecule has 0 unspecified atom stereocenters. The Morgan fingerprint density at radius 2 is 1.85 bits per heavy atom. The van der Waals surface area contributed by atoms with Crippen LogP contribution in [-0.2, 0) is 12.0 Å². The standard InChI is InChI=1S/C25H26FN5O2/c1-31(2)24-27-14-18(15-28-24)33-21-5-3-4-20-19(21)10-11-22(29-20)25(12-13-25)30-23(32)16-6-8-17(26)9-7-16/h6-11,14-15,21H,3-5,12-13H2,1-2H3,(H,30,32)/t21-/m0/s1. The smallest absolute Gasteiger partial charge is 0.252 e. The van der Waals surface area contributed by atoms with Crippen molar-refractivity contribution in [1.82, 2.24) is 20.3 Å². The zero-order chi connectivity index (χ0) is 23.0. The van der Waals surface area contributed by atoms with Crippen molar-refractivity contribution in [3.8, 4) is 5.75 Å². The number of amides is 1. The molecule has 7 nitrogen and oxygen atoms in total. The van der Waals surface area contributed by atoms with Gasteiger partial charge in [-0.05, 0) is 62.4 Å². The number of carbonyl (C=O) groups excluding carboxylic acids is 1. The highest BCUT2D eigenvalue weighted by molar-refractivity contribution is 5.95. The summed E-state index contributed by atoms with van der Waals surface area (Å²) in [5.41, 5.74) is 2.94. The Labute approximate surface area is 192 Å². The third-order valence-electron chi connectivity index (χ3n) is 6.23. The van der Waals surface area contributed by atoms with E-state index in [0.717, 1.165) is 49.1 Å². The Kier molecular flexibility index (Phi) is 5.44. The highest BCUT2D eigenvalue weighted by Gasteiger charge is 2.47. The van der Waals surface area contributed by atoms with Gasteiger partial charge in [0.15, 0.2) is 5.75 Å². The van der Waals surface area contributed by atoms with Gasteiger partial charge in [-0.3, -0.25) is 9.78 Å². The number of halogens is 1. The average molecular weight is 448 g/mol. The van der Waals surface area contributed by atoms with E-state index in [1.165, 1.54) is 24.3 Å². The second-order valence-electron chi connectivity index (χ2n) is 8.89. The van der Waals surface area contributed by atoms with Gasteiger partial charge in [0.1, 0.15) is 11.9 Å². The van der Waals surface area contributed by atoms with Crippen LogP contribution in [0.1, 0.15) is 59.1 Å². The highest BCUT2D eigenvalue weighted by atomic mass is 19.1. The molecule has 0 aliphatic heterocycles. The van der Waals surface area contributed by atoms with Crippen molar-refractivity contribution in [3.05, 3.63) is 77.1 Å². The van der Waals surface area contributed by atoms with Gasteiger partial charge in [-0.25, -0.2) is 14.4 Å². The summed E-state index contributed by atoms with van der Waals surface area (Å²) in [6.07, 6.45) is 7.71. The van der Waals surface area contributed by atoms with E-state index in [1.54, 1.807) is 12.4 Å². The Bertz CT molecular complexity index is 1160. The number of rotatable bonds is 6. The van der Waals surface area contributed by atoms with E-state index in [2.05, 4.69) is 21.4 Å². The maximum atomic E-state index is 13.2. The zero-order valence-corrected chi connectivity index (χ0v) is 18.7. The van der Waals surface area contributed by atoms with E-state index in [1.807, 2.05) is 25.1 Å². The monoisotopic (exact) mass is 447 g/mol. The third kappa shape index (κ3) is 4.37. The van der Waals surface area contributed by atoms with Gasteiger partial charge in [-0.15, -0.1) is 0 Å². The molecule has 1 aromatic carbocycles. The van der Waals surface area contributed by atoms with E-state index in [0.29, 0.717) is 17.3 Å². The molecule has 2 aromatic heterocycles. The number of carbonyl (C=O) groups is 1. The summed E-state index contributed by atoms with van der Waals surface area (Å²) >= 11 is 0.